The van der Waals surface area contributed by atoms with Crippen LogP contribution in [0.1, 0.15) is 30.1 Å². The van der Waals surface area contributed by atoms with Crippen molar-refractivity contribution in [1.29, 1.82) is 0 Å². The van der Waals surface area contributed by atoms with Crippen LogP contribution in [0.2, 0.25) is 0 Å². The Labute approximate surface area is 111 Å². The van der Waals surface area contributed by atoms with E-state index in [0.29, 0.717) is 23.1 Å². The van der Waals surface area contributed by atoms with Gasteiger partial charge in [-0.1, -0.05) is 0 Å². The van der Waals surface area contributed by atoms with Crippen molar-refractivity contribution in [3.63, 3.8) is 0 Å². The Morgan fingerprint density at radius 2 is 2.16 bits per heavy atom. The lowest BCUT2D eigenvalue weighted by molar-refractivity contribution is -0.127. The molecule has 19 heavy (non-hydrogen) atoms. The molecule has 5 heteroatoms. The maximum atomic E-state index is 11.8. The summed E-state index contributed by atoms with van der Waals surface area (Å²) >= 11 is 0. The number of benzene rings is 1. The molecule has 1 amide bonds. The number of methoxy groups -OCH3 is 1. The lowest BCUT2D eigenvalue weighted by Gasteiger charge is -2.16. The summed E-state index contributed by atoms with van der Waals surface area (Å²) in [6.07, 6.45) is 2.16. The van der Waals surface area contributed by atoms with Crippen molar-refractivity contribution in [3.05, 3.63) is 23.8 Å². The van der Waals surface area contributed by atoms with E-state index in [1.165, 1.54) is 7.11 Å². The minimum atomic E-state index is -0.628. The summed E-state index contributed by atoms with van der Waals surface area (Å²) in [6.45, 7) is 1.67. The summed E-state index contributed by atoms with van der Waals surface area (Å²) in [4.78, 5) is 22.6. The first-order valence-electron chi connectivity index (χ1n) is 6.24. The lowest BCUT2D eigenvalue weighted by atomic mass is 10.2. The maximum absolute atomic E-state index is 11.8. The van der Waals surface area contributed by atoms with Gasteiger partial charge in [-0.05, 0) is 38.0 Å². The van der Waals surface area contributed by atoms with Crippen molar-refractivity contribution >= 4 is 12.2 Å². The van der Waals surface area contributed by atoms with Gasteiger partial charge in [0.2, 0.25) is 0 Å². The van der Waals surface area contributed by atoms with Gasteiger partial charge in [0.1, 0.15) is 6.29 Å². The second-order valence-electron chi connectivity index (χ2n) is 4.57. The zero-order valence-electron chi connectivity index (χ0n) is 11.0. The van der Waals surface area contributed by atoms with Crippen LogP contribution in [-0.4, -0.2) is 31.4 Å². The van der Waals surface area contributed by atoms with E-state index in [-0.39, 0.29) is 5.91 Å². The first kappa shape index (κ1) is 13.4. The molecule has 1 aliphatic carbocycles. The van der Waals surface area contributed by atoms with Gasteiger partial charge in [0.25, 0.3) is 5.91 Å². The molecule has 1 aromatic rings. The summed E-state index contributed by atoms with van der Waals surface area (Å²) in [7, 11) is 1.51. The number of carbonyl (C=O) groups is 2. The Kier molecular flexibility index (Phi) is 4.04. The molecule has 5 nitrogen and oxygen atoms in total. The number of nitrogens with one attached hydrogen (secondary N) is 1. The second-order valence-corrected chi connectivity index (χ2v) is 4.57. The normalized spacial score (nSPS) is 15.5. The van der Waals surface area contributed by atoms with Crippen LogP contribution < -0.4 is 14.8 Å². The topological polar surface area (TPSA) is 64.6 Å². The summed E-state index contributed by atoms with van der Waals surface area (Å²) in [5.74, 6) is 0.739. The molecule has 0 heterocycles. The number of rotatable bonds is 6. The van der Waals surface area contributed by atoms with Gasteiger partial charge in [0, 0.05) is 11.6 Å². The molecule has 1 N–H and O–H groups in total. The molecule has 0 saturated heterocycles. The molecule has 0 spiro atoms. The van der Waals surface area contributed by atoms with Crippen molar-refractivity contribution in [2.24, 2.45) is 0 Å². The van der Waals surface area contributed by atoms with E-state index >= 15 is 0 Å². The fraction of sp³-hybridized carbons (Fsp3) is 0.429. The molecule has 1 unspecified atom stereocenters. The largest absolute Gasteiger partial charge is 0.493 e. The van der Waals surface area contributed by atoms with Gasteiger partial charge < -0.3 is 14.8 Å². The van der Waals surface area contributed by atoms with Crippen molar-refractivity contribution in [1.82, 2.24) is 5.32 Å². The fourth-order valence-corrected chi connectivity index (χ4v) is 1.65. The predicted octanol–water partition coefficient (Wildman–Crippen LogP) is 1.55. The zero-order valence-corrected chi connectivity index (χ0v) is 11.0. The van der Waals surface area contributed by atoms with E-state index in [9.17, 15) is 9.59 Å². The average Bonchev–Trinajstić information content (AvgIpc) is 3.22. The van der Waals surface area contributed by atoms with E-state index in [4.69, 9.17) is 9.47 Å². The van der Waals surface area contributed by atoms with Gasteiger partial charge in [-0.3, -0.25) is 9.59 Å². The van der Waals surface area contributed by atoms with Crippen LogP contribution in [0.15, 0.2) is 18.2 Å². The third kappa shape index (κ3) is 3.47. The first-order valence-corrected chi connectivity index (χ1v) is 6.24. The Hall–Kier alpha value is -2.04. The molecule has 0 aromatic heterocycles. The van der Waals surface area contributed by atoms with Crippen LogP contribution in [0.3, 0.4) is 0 Å². The second kappa shape index (κ2) is 5.73. The summed E-state index contributed by atoms with van der Waals surface area (Å²) in [5.41, 5.74) is 0.477. The highest BCUT2D eigenvalue weighted by Crippen LogP contribution is 2.28. The summed E-state index contributed by atoms with van der Waals surface area (Å²) in [5, 5.41) is 2.87. The van der Waals surface area contributed by atoms with Crippen LogP contribution in [0.25, 0.3) is 0 Å². The van der Waals surface area contributed by atoms with Crippen LogP contribution in [0.5, 0.6) is 11.5 Å². The van der Waals surface area contributed by atoms with Gasteiger partial charge in [-0.2, -0.15) is 0 Å². The Morgan fingerprint density at radius 1 is 1.42 bits per heavy atom. The molecule has 0 radical (unpaired) electrons. The van der Waals surface area contributed by atoms with Crippen LogP contribution in [0.4, 0.5) is 0 Å². The van der Waals surface area contributed by atoms with Crippen molar-refractivity contribution in [2.45, 2.75) is 31.9 Å². The highest BCUT2D eigenvalue weighted by Gasteiger charge is 2.26. The van der Waals surface area contributed by atoms with E-state index in [1.807, 2.05) is 0 Å². The lowest BCUT2D eigenvalue weighted by Crippen LogP contribution is -2.37. The molecule has 1 fully saturated rings. The van der Waals surface area contributed by atoms with Crippen molar-refractivity contribution < 1.29 is 19.1 Å². The van der Waals surface area contributed by atoms with E-state index < -0.39 is 6.10 Å². The Balaban J connectivity index is 2.07. The van der Waals surface area contributed by atoms with Gasteiger partial charge >= 0.3 is 0 Å². The molecular weight excluding hydrogens is 246 g/mol. The van der Waals surface area contributed by atoms with Crippen molar-refractivity contribution in [2.75, 3.05) is 7.11 Å². The molecule has 0 aliphatic heterocycles. The van der Waals surface area contributed by atoms with Crippen LogP contribution >= 0.6 is 0 Å². The first-order chi connectivity index (χ1) is 9.13. The van der Waals surface area contributed by atoms with Crippen LogP contribution in [0, 0.1) is 0 Å². The number of amides is 1. The monoisotopic (exact) mass is 263 g/mol. The molecule has 1 aliphatic rings. The molecule has 2 rings (SSSR count). The molecular formula is C14H17NO4. The Morgan fingerprint density at radius 3 is 2.74 bits per heavy atom. The molecule has 0 bridgehead atoms. The maximum Gasteiger partial charge on any atom is 0.260 e. The van der Waals surface area contributed by atoms with Gasteiger partial charge in [0.15, 0.2) is 17.6 Å². The highest BCUT2D eigenvalue weighted by atomic mass is 16.5. The predicted molar refractivity (Wildman–Crippen MR) is 69.6 cm³/mol. The van der Waals surface area contributed by atoms with E-state index in [1.54, 1.807) is 25.1 Å². The number of aldehydes is 1. The molecule has 1 saturated carbocycles. The van der Waals surface area contributed by atoms with E-state index in [0.717, 1.165) is 19.1 Å². The fourth-order valence-electron chi connectivity index (χ4n) is 1.65. The number of hydrogen-bond donors (Lipinski definition) is 1. The van der Waals surface area contributed by atoms with Gasteiger partial charge in [-0.15, -0.1) is 0 Å². The quantitative estimate of drug-likeness (QED) is 0.791. The SMILES string of the molecule is COc1ccc(C=O)cc1OC(C)C(=O)NC1CC1. The third-order valence-electron chi connectivity index (χ3n) is 2.92. The van der Waals surface area contributed by atoms with E-state index in [2.05, 4.69) is 5.32 Å². The standard InChI is InChI=1S/C14H17NO4/c1-9(14(17)15-11-4-5-11)19-13-7-10(8-16)3-6-12(13)18-2/h3,6-9,11H,4-5H2,1-2H3,(H,15,17). The minimum absolute atomic E-state index is 0.152. The van der Waals surface area contributed by atoms with Gasteiger partial charge in [0.05, 0.1) is 7.11 Å². The minimum Gasteiger partial charge on any atom is -0.493 e. The number of ether oxygens (including phenoxy) is 2. The highest BCUT2D eigenvalue weighted by molar-refractivity contribution is 5.81. The average molecular weight is 263 g/mol. The molecule has 1 aromatic carbocycles. The van der Waals surface area contributed by atoms with Crippen molar-refractivity contribution in [3.8, 4) is 11.5 Å². The molecule has 1 atom stereocenters. The summed E-state index contributed by atoms with van der Waals surface area (Å²) < 4.78 is 10.7. The third-order valence-corrected chi connectivity index (χ3v) is 2.92. The van der Waals surface area contributed by atoms with Crippen LogP contribution in [-0.2, 0) is 4.79 Å². The van der Waals surface area contributed by atoms with Gasteiger partial charge in [-0.25, -0.2) is 0 Å². The number of carbonyl (C=O) groups excluding carboxylic acids is 2. The zero-order chi connectivity index (χ0) is 13.8. The summed E-state index contributed by atoms with van der Waals surface area (Å²) in [6, 6.07) is 5.13. The molecule has 102 valence electrons. The smallest absolute Gasteiger partial charge is 0.260 e. The number of hydrogen-bond acceptors (Lipinski definition) is 4. The Bertz CT molecular complexity index is 482.